The average molecular weight is 287 g/mol. The van der Waals surface area contributed by atoms with Crippen molar-refractivity contribution in [2.24, 2.45) is 17.8 Å². The Bertz CT molecular complexity index is 514. The van der Waals surface area contributed by atoms with Crippen molar-refractivity contribution < 1.29 is 9.53 Å². The van der Waals surface area contributed by atoms with E-state index in [-0.39, 0.29) is 5.91 Å². The van der Waals surface area contributed by atoms with Crippen LogP contribution in [0.4, 0.5) is 0 Å². The fourth-order valence-corrected chi connectivity index (χ4v) is 4.34. The van der Waals surface area contributed by atoms with E-state index in [0.29, 0.717) is 18.4 Å². The van der Waals surface area contributed by atoms with E-state index in [2.05, 4.69) is 12.2 Å². The van der Waals surface area contributed by atoms with Gasteiger partial charge in [0.05, 0.1) is 13.5 Å². The topological polar surface area (TPSA) is 38.3 Å². The zero-order chi connectivity index (χ0) is 14.8. The average Bonchev–Trinajstić information content (AvgIpc) is 3.10. The van der Waals surface area contributed by atoms with E-state index in [1.165, 1.54) is 25.7 Å². The highest BCUT2D eigenvalue weighted by atomic mass is 16.5. The minimum atomic E-state index is 0.106. The van der Waals surface area contributed by atoms with E-state index in [9.17, 15) is 4.79 Å². The van der Waals surface area contributed by atoms with Gasteiger partial charge >= 0.3 is 0 Å². The summed E-state index contributed by atoms with van der Waals surface area (Å²) in [6.07, 6.45) is 5.86. The van der Waals surface area contributed by atoms with Gasteiger partial charge in [-0.25, -0.2) is 0 Å². The smallest absolute Gasteiger partial charge is 0.224 e. The number of hydrogen-bond donors (Lipinski definition) is 1. The molecule has 2 aliphatic carbocycles. The molecule has 4 atom stereocenters. The molecule has 114 valence electrons. The Morgan fingerprint density at radius 1 is 1.33 bits per heavy atom. The van der Waals surface area contributed by atoms with Crippen LogP contribution in [0.5, 0.6) is 5.75 Å². The number of rotatable bonds is 5. The number of ether oxygens (including phenoxy) is 1. The highest BCUT2D eigenvalue weighted by molar-refractivity contribution is 5.79. The standard InChI is InChI=1S/C18H25NO2/c1-12(16-10-13-7-8-14(16)9-13)19-18(20)11-15-5-3-4-6-17(15)21-2/h3-6,12-14,16H,7-11H2,1-2H3,(H,19,20). The van der Waals surface area contributed by atoms with E-state index >= 15 is 0 Å². The third-order valence-electron chi connectivity index (χ3n) is 5.37. The molecule has 0 aromatic heterocycles. The summed E-state index contributed by atoms with van der Waals surface area (Å²) in [7, 11) is 1.65. The Morgan fingerprint density at radius 3 is 2.81 bits per heavy atom. The Morgan fingerprint density at radius 2 is 2.14 bits per heavy atom. The van der Waals surface area contributed by atoms with Gasteiger partial charge in [0.15, 0.2) is 0 Å². The van der Waals surface area contributed by atoms with Crippen LogP contribution in [0.15, 0.2) is 24.3 Å². The van der Waals surface area contributed by atoms with Gasteiger partial charge in [0.25, 0.3) is 0 Å². The molecule has 2 fully saturated rings. The van der Waals surface area contributed by atoms with Crippen molar-refractivity contribution in [3.63, 3.8) is 0 Å². The summed E-state index contributed by atoms with van der Waals surface area (Å²) in [4.78, 5) is 12.3. The summed E-state index contributed by atoms with van der Waals surface area (Å²) >= 11 is 0. The van der Waals surface area contributed by atoms with Crippen LogP contribution in [0, 0.1) is 17.8 Å². The number of amides is 1. The number of carbonyl (C=O) groups excluding carboxylic acids is 1. The summed E-state index contributed by atoms with van der Waals surface area (Å²) in [5.74, 6) is 3.35. The molecule has 0 radical (unpaired) electrons. The molecule has 1 amide bonds. The molecular weight excluding hydrogens is 262 g/mol. The van der Waals surface area contributed by atoms with Crippen LogP contribution < -0.4 is 10.1 Å². The molecule has 3 heteroatoms. The first-order valence-electron chi connectivity index (χ1n) is 8.08. The second-order valence-corrected chi connectivity index (χ2v) is 6.68. The van der Waals surface area contributed by atoms with Crippen LogP contribution in [0.25, 0.3) is 0 Å². The molecule has 21 heavy (non-hydrogen) atoms. The molecule has 1 aromatic rings. The number of para-hydroxylation sites is 1. The van der Waals surface area contributed by atoms with Crippen LogP contribution in [0.2, 0.25) is 0 Å². The van der Waals surface area contributed by atoms with Crippen LogP contribution in [-0.4, -0.2) is 19.1 Å². The molecule has 1 N–H and O–H groups in total. The zero-order valence-corrected chi connectivity index (χ0v) is 13.0. The highest BCUT2D eigenvalue weighted by Crippen LogP contribution is 2.49. The van der Waals surface area contributed by atoms with Gasteiger partial charge in [-0.2, -0.15) is 0 Å². The van der Waals surface area contributed by atoms with Crippen molar-refractivity contribution in [2.45, 2.75) is 45.1 Å². The van der Waals surface area contributed by atoms with Crippen molar-refractivity contribution in [2.75, 3.05) is 7.11 Å². The molecule has 0 spiro atoms. The lowest BCUT2D eigenvalue weighted by atomic mass is 9.84. The SMILES string of the molecule is COc1ccccc1CC(=O)NC(C)C1CC2CCC1C2. The van der Waals surface area contributed by atoms with Gasteiger partial charge < -0.3 is 10.1 Å². The number of carbonyl (C=O) groups is 1. The number of hydrogen-bond acceptors (Lipinski definition) is 2. The monoisotopic (exact) mass is 287 g/mol. The molecule has 1 aromatic carbocycles. The van der Waals surface area contributed by atoms with Crippen molar-refractivity contribution >= 4 is 5.91 Å². The number of methoxy groups -OCH3 is 1. The maximum Gasteiger partial charge on any atom is 0.224 e. The molecule has 2 aliphatic rings. The van der Waals surface area contributed by atoms with Gasteiger partial charge in [-0.1, -0.05) is 24.6 Å². The van der Waals surface area contributed by atoms with Crippen molar-refractivity contribution in [1.29, 1.82) is 0 Å². The molecule has 4 unspecified atom stereocenters. The maximum absolute atomic E-state index is 12.3. The van der Waals surface area contributed by atoms with E-state index < -0.39 is 0 Å². The van der Waals surface area contributed by atoms with Crippen LogP contribution in [-0.2, 0) is 11.2 Å². The maximum atomic E-state index is 12.3. The molecule has 0 aliphatic heterocycles. The van der Waals surface area contributed by atoms with Gasteiger partial charge in [0.2, 0.25) is 5.91 Å². The van der Waals surface area contributed by atoms with E-state index in [0.717, 1.165) is 23.1 Å². The van der Waals surface area contributed by atoms with Gasteiger partial charge in [-0.15, -0.1) is 0 Å². The molecular formula is C18H25NO2. The van der Waals surface area contributed by atoms with Gasteiger partial charge in [-0.05, 0) is 50.0 Å². The Kier molecular flexibility index (Phi) is 4.18. The predicted molar refractivity (Wildman–Crippen MR) is 83.2 cm³/mol. The highest BCUT2D eigenvalue weighted by Gasteiger charge is 2.42. The lowest BCUT2D eigenvalue weighted by Crippen LogP contribution is -2.40. The summed E-state index contributed by atoms with van der Waals surface area (Å²) < 4.78 is 5.31. The second-order valence-electron chi connectivity index (χ2n) is 6.68. The first kappa shape index (κ1) is 14.4. The second kappa shape index (κ2) is 6.08. The zero-order valence-electron chi connectivity index (χ0n) is 13.0. The van der Waals surface area contributed by atoms with Crippen molar-refractivity contribution in [1.82, 2.24) is 5.32 Å². The number of fused-ring (bicyclic) bond motifs is 2. The van der Waals surface area contributed by atoms with Crippen LogP contribution in [0.3, 0.4) is 0 Å². The molecule has 3 nitrogen and oxygen atoms in total. The molecule has 3 rings (SSSR count). The molecule has 2 bridgehead atoms. The van der Waals surface area contributed by atoms with E-state index in [4.69, 9.17) is 4.74 Å². The van der Waals surface area contributed by atoms with Gasteiger partial charge in [-0.3, -0.25) is 4.79 Å². The first-order chi connectivity index (χ1) is 10.2. The Balaban J connectivity index is 1.56. The Hall–Kier alpha value is -1.51. The minimum absolute atomic E-state index is 0.106. The predicted octanol–water partition coefficient (Wildman–Crippen LogP) is 3.18. The van der Waals surface area contributed by atoms with E-state index in [1.54, 1.807) is 7.11 Å². The summed E-state index contributed by atoms with van der Waals surface area (Å²) in [6.45, 7) is 2.17. The normalized spacial score (nSPS) is 28.4. The van der Waals surface area contributed by atoms with Crippen molar-refractivity contribution in [3.05, 3.63) is 29.8 Å². The Labute approximate surface area is 127 Å². The fourth-order valence-electron chi connectivity index (χ4n) is 4.34. The number of nitrogens with one attached hydrogen (secondary N) is 1. The lowest BCUT2D eigenvalue weighted by molar-refractivity contribution is -0.121. The molecule has 2 saturated carbocycles. The summed E-state index contributed by atoms with van der Waals surface area (Å²) in [5.41, 5.74) is 0.956. The molecule has 0 saturated heterocycles. The van der Waals surface area contributed by atoms with Gasteiger partial charge in [0, 0.05) is 11.6 Å². The molecule has 0 heterocycles. The van der Waals surface area contributed by atoms with Crippen LogP contribution >= 0.6 is 0 Å². The fraction of sp³-hybridized carbons (Fsp3) is 0.611. The van der Waals surface area contributed by atoms with Gasteiger partial charge in [0.1, 0.15) is 5.75 Å². The van der Waals surface area contributed by atoms with Crippen molar-refractivity contribution in [3.8, 4) is 5.75 Å². The third-order valence-corrected chi connectivity index (χ3v) is 5.37. The summed E-state index contributed by atoms with van der Waals surface area (Å²) in [6, 6.07) is 8.04. The van der Waals surface area contributed by atoms with Crippen LogP contribution in [0.1, 0.15) is 38.2 Å². The largest absolute Gasteiger partial charge is 0.496 e. The first-order valence-corrected chi connectivity index (χ1v) is 8.08. The quantitative estimate of drug-likeness (QED) is 0.903. The summed E-state index contributed by atoms with van der Waals surface area (Å²) in [5, 5.41) is 3.21. The van der Waals surface area contributed by atoms with E-state index in [1.807, 2.05) is 24.3 Å². The lowest BCUT2D eigenvalue weighted by Gasteiger charge is -2.28. The minimum Gasteiger partial charge on any atom is -0.496 e. The number of benzene rings is 1. The third kappa shape index (κ3) is 3.07.